The minimum Gasteiger partial charge on any atom is -0.369 e. The zero-order valence-electron chi connectivity index (χ0n) is 16.5. The van der Waals surface area contributed by atoms with Crippen molar-refractivity contribution in [3.63, 3.8) is 0 Å². The monoisotopic (exact) mass is 391 g/mol. The van der Waals surface area contributed by atoms with E-state index in [0.29, 0.717) is 37.3 Å². The summed E-state index contributed by atoms with van der Waals surface area (Å²) in [5.41, 5.74) is 8.11. The number of carbonyl (C=O) groups excluding carboxylic acids is 2. The first-order valence-electron chi connectivity index (χ1n) is 9.97. The number of amides is 2. The normalized spacial score (nSPS) is 14.9. The third kappa shape index (κ3) is 3.68. The third-order valence-electron chi connectivity index (χ3n) is 5.60. The number of nitrogens with zero attached hydrogens (tertiary/aromatic N) is 4. The number of benzene rings is 1. The van der Waals surface area contributed by atoms with Gasteiger partial charge in [0.1, 0.15) is 5.56 Å². The molecule has 29 heavy (non-hydrogen) atoms. The number of aryl methyl sites for hydroxylation is 1. The van der Waals surface area contributed by atoms with Gasteiger partial charge in [0.05, 0.1) is 11.9 Å². The van der Waals surface area contributed by atoms with E-state index in [4.69, 9.17) is 5.73 Å². The molecule has 0 radical (unpaired) electrons. The van der Waals surface area contributed by atoms with Crippen LogP contribution in [0.25, 0.3) is 11.5 Å². The number of nitrogens with two attached hydrogens (primary N) is 1. The Morgan fingerprint density at radius 3 is 2.34 bits per heavy atom. The summed E-state index contributed by atoms with van der Waals surface area (Å²) >= 11 is 0. The maximum atomic E-state index is 13.3. The molecule has 2 amide bonds. The van der Waals surface area contributed by atoms with Gasteiger partial charge in [0.25, 0.3) is 5.91 Å². The molecule has 1 aliphatic heterocycles. The average molecular weight is 391 g/mol. The Hall–Kier alpha value is -3.35. The van der Waals surface area contributed by atoms with Gasteiger partial charge in [-0.25, -0.2) is 4.68 Å². The lowest BCUT2D eigenvalue weighted by Crippen LogP contribution is -2.41. The van der Waals surface area contributed by atoms with Gasteiger partial charge in [-0.2, -0.15) is 5.10 Å². The van der Waals surface area contributed by atoms with E-state index in [1.54, 1.807) is 15.8 Å². The maximum Gasteiger partial charge on any atom is 0.259 e. The highest BCUT2D eigenvalue weighted by atomic mass is 16.2. The first-order valence-corrected chi connectivity index (χ1v) is 9.97. The highest BCUT2D eigenvalue weighted by molar-refractivity contribution is 5.97. The van der Waals surface area contributed by atoms with Crippen molar-refractivity contribution in [1.82, 2.24) is 19.2 Å². The summed E-state index contributed by atoms with van der Waals surface area (Å²) in [6.45, 7) is 3.16. The van der Waals surface area contributed by atoms with Crippen LogP contribution >= 0.6 is 0 Å². The van der Waals surface area contributed by atoms with Crippen LogP contribution in [0.15, 0.2) is 55.0 Å². The summed E-state index contributed by atoms with van der Waals surface area (Å²) in [6.07, 6.45) is 7.62. The SMILES string of the molecule is CCc1ccc(-n2ncc(C(=O)N3CCC(C(N)=O)CC3)c2-n2cccc2)cc1. The molecule has 1 aromatic carbocycles. The molecule has 0 saturated carbocycles. The van der Waals surface area contributed by atoms with E-state index in [0.717, 1.165) is 12.1 Å². The van der Waals surface area contributed by atoms with Gasteiger partial charge >= 0.3 is 0 Å². The third-order valence-corrected chi connectivity index (χ3v) is 5.60. The fourth-order valence-corrected chi connectivity index (χ4v) is 3.82. The molecular formula is C22H25N5O2. The number of piperidine rings is 1. The lowest BCUT2D eigenvalue weighted by atomic mass is 9.96. The van der Waals surface area contributed by atoms with Gasteiger partial charge in [-0.05, 0) is 49.1 Å². The molecule has 3 aromatic rings. The van der Waals surface area contributed by atoms with Crippen molar-refractivity contribution in [2.45, 2.75) is 26.2 Å². The predicted molar refractivity (Wildman–Crippen MR) is 110 cm³/mol. The summed E-state index contributed by atoms with van der Waals surface area (Å²) < 4.78 is 3.70. The smallest absolute Gasteiger partial charge is 0.259 e. The van der Waals surface area contributed by atoms with Crippen LogP contribution in [-0.4, -0.2) is 44.2 Å². The van der Waals surface area contributed by atoms with Crippen LogP contribution in [0.3, 0.4) is 0 Å². The predicted octanol–water partition coefficient (Wildman–Crippen LogP) is 2.56. The fraction of sp³-hybridized carbons (Fsp3) is 0.318. The second-order valence-corrected chi connectivity index (χ2v) is 7.37. The van der Waals surface area contributed by atoms with Crippen molar-refractivity contribution in [3.8, 4) is 11.5 Å². The molecule has 0 bridgehead atoms. The van der Waals surface area contributed by atoms with E-state index >= 15 is 0 Å². The Morgan fingerprint density at radius 1 is 1.10 bits per heavy atom. The topological polar surface area (TPSA) is 86.2 Å². The molecular weight excluding hydrogens is 366 g/mol. The molecule has 150 valence electrons. The molecule has 0 unspecified atom stereocenters. The molecule has 2 N–H and O–H groups in total. The van der Waals surface area contributed by atoms with Crippen molar-refractivity contribution >= 4 is 11.8 Å². The van der Waals surface area contributed by atoms with Crippen molar-refractivity contribution in [3.05, 3.63) is 66.1 Å². The first-order chi connectivity index (χ1) is 14.1. The highest BCUT2D eigenvalue weighted by Gasteiger charge is 2.29. The number of primary amides is 1. The van der Waals surface area contributed by atoms with Crippen LogP contribution in [0, 0.1) is 5.92 Å². The van der Waals surface area contributed by atoms with E-state index in [9.17, 15) is 9.59 Å². The molecule has 0 spiro atoms. The lowest BCUT2D eigenvalue weighted by molar-refractivity contribution is -0.123. The Kier molecular flexibility index (Phi) is 5.20. The van der Waals surface area contributed by atoms with Crippen LogP contribution in [0.5, 0.6) is 0 Å². The van der Waals surface area contributed by atoms with Crippen LogP contribution in [0.2, 0.25) is 0 Å². The lowest BCUT2D eigenvalue weighted by Gasteiger charge is -2.30. The van der Waals surface area contributed by atoms with Gasteiger partial charge in [-0.3, -0.25) is 9.59 Å². The van der Waals surface area contributed by atoms with E-state index in [-0.39, 0.29) is 17.7 Å². The van der Waals surface area contributed by atoms with Crippen molar-refractivity contribution in [1.29, 1.82) is 0 Å². The molecule has 0 aliphatic carbocycles. The summed E-state index contributed by atoms with van der Waals surface area (Å²) in [4.78, 5) is 26.5. The summed E-state index contributed by atoms with van der Waals surface area (Å²) in [5, 5.41) is 4.53. The number of carbonyl (C=O) groups is 2. The number of likely N-dealkylation sites (tertiary alicyclic amines) is 1. The molecule has 1 fully saturated rings. The molecule has 1 saturated heterocycles. The molecule has 2 aromatic heterocycles. The van der Waals surface area contributed by atoms with Gasteiger partial charge in [-0.15, -0.1) is 0 Å². The van der Waals surface area contributed by atoms with Crippen molar-refractivity contribution < 1.29 is 9.59 Å². The summed E-state index contributed by atoms with van der Waals surface area (Å²) in [6, 6.07) is 12.0. The van der Waals surface area contributed by atoms with Gasteiger partial charge in [0.15, 0.2) is 5.82 Å². The Labute approximate surface area is 169 Å². The van der Waals surface area contributed by atoms with E-state index < -0.39 is 0 Å². The number of hydrogen-bond donors (Lipinski definition) is 1. The second-order valence-electron chi connectivity index (χ2n) is 7.37. The molecule has 7 nitrogen and oxygen atoms in total. The van der Waals surface area contributed by atoms with Crippen LogP contribution in [0.4, 0.5) is 0 Å². The van der Waals surface area contributed by atoms with E-state index in [1.165, 1.54) is 5.56 Å². The van der Waals surface area contributed by atoms with Crippen molar-refractivity contribution in [2.75, 3.05) is 13.1 Å². The van der Waals surface area contributed by atoms with Crippen LogP contribution < -0.4 is 5.73 Å². The summed E-state index contributed by atoms with van der Waals surface area (Å²) in [5.74, 6) is 0.200. The quantitative estimate of drug-likeness (QED) is 0.725. The zero-order valence-corrected chi connectivity index (χ0v) is 16.5. The molecule has 1 aliphatic rings. The minimum atomic E-state index is -0.284. The Balaban J connectivity index is 1.68. The zero-order chi connectivity index (χ0) is 20.4. The maximum absolute atomic E-state index is 13.3. The molecule has 7 heteroatoms. The Morgan fingerprint density at radius 2 is 1.76 bits per heavy atom. The largest absolute Gasteiger partial charge is 0.369 e. The number of rotatable bonds is 5. The van der Waals surface area contributed by atoms with E-state index in [2.05, 4.69) is 24.2 Å². The molecule has 3 heterocycles. The minimum absolute atomic E-state index is 0.0759. The van der Waals surface area contributed by atoms with Gasteiger partial charge in [0.2, 0.25) is 5.91 Å². The number of aromatic nitrogens is 3. The Bertz CT molecular complexity index is 997. The second kappa shape index (κ2) is 7.95. The average Bonchev–Trinajstić information content (AvgIpc) is 3.43. The molecule has 0 atom stereocenters. The van der Waals surface area contributed by atoms with Gasteiger partial charge < -0.3 is 15.2 Å². The fourth-order valence-electron chi connectivity index (χ4n) is 3.82. The van der Waals surface area contributed by atoms with Crippen LogP contribution in [-0.2, 0) is 11.2 Å². The first kappa shape index (κ1) is 19.0. The van der Waals surface area contributed by atoms with Crippen molar-refractivity contribution in [2.24, 2.45) is 11.7 Å². The van der Waals surface area contributed by atoms with Gasteiger partial charge in [0, 0.05) is 31.4 Å². The van der Waals surface area contributed by atoms with E-state index in [1.807, 2.05) is 41.2 Å². The summed E-state index contributed by atoms with van der Waals surface area (Å²) in [7, 11) is 0. The highest BCUT2D eigenvalue weighted by Crippen LogP contribution is 2.24. The standard InChI is InChI=1S/C22H25N5O2/c1-2-16-5-7-18(8-6-16)27-21(25-11-3-4-12-25)19(15-24-27)22(29)26-13-9-17(10-14-26)20(23)28/h3-8,11-12,15,17H,2,9-10,13-14H2,1H3,(H2,23,28). The number of hydrogen-bond acceptors (Lipinski definition) is 3. The van der Waals surface area contributed by atoms with Crippen LogP contribution in [0.1, 0.15) is 35.7 Å². The molecule has 4 rings (SSSR count). The van der Waals surface area contributed by atoms with Gasteiger partial charge in [-0.1, -0.05) is 19.1 Å².